The minimum atomic E-state index is -4.28. The Bertz CT molecular complexity index is 1580. The number of ketones is 1. The number of carbonyl (C=O) groups excluding carboxylic acids is 2. The summed E-state index contributed by atoms with van der Waals surface area (Å²) >= 11 is 12.5. The van der Waals surface area contributed by atoms with Crippen molar-refractivity contribution in [3.63, 3.8) is 0 Å². The Morgan fingerprint density at radius 2 is 1.42 bits per heavy atom. The standard InChI is InChI=1S/C28H21Cl2NO6S/c1-36-24-15-9-8-14-23(24)31-38(34,35)25-16-20(21(29)17-22(25)30)28(33)37-27(19-12-6-3-7-13-19)26(32)18-10-4-2-5-11-18/h2-17,27,31H,1H3. The van der Waals surface area contributed by atoms with Crippen LogP contribution >= 0.6 is 23.2 Å². The highest BCUT2D eigenvalue weighted by atomic mass is 35.5. The molecule has 0 heterocycles. The van der Waals surface area contributed by atoms with Crippen LogP contribution in [0.2, 0.25) is 10.0 Å². The third-order valence-electron chi connectivity index (χ3n) is 5.51. The van der Waals surface area contributed by atoms with Crippen LogP contribution in [0.4, 0.5) is 5.69 Å². The maximum Gasteiger partial charge on any atom is 0.340 e. The first-order valence-electron chi connectivity index (χ1n) is 11.2. The van der Waals surface area contributed by atoms with Gasteiger partial charge >= 0.3 is 5.97 Å². The SMILES string of the molecule is COc1ccccc1NS(=O)(=O)c1cc(C(=O)OC(C(=O)c2ccccc2)c2ccccc2)c(Cl)cc1Cl. The van der Waals surface area contributed by atoms with E-state index >= 15 is 0 Å². The van der Waals surface area contributed by atoms with Crippen molar-refractivity contribution in [1.29, 1.82) is 0 Å². The minimum absolute atomic E-state index is 0.143. The van der Waals surface area contributed by atoms with Crippen LogP contribution in [-0.2, 0) is 14.8 Å². The topological polar surface area (TPSA) is 98.8 Å². The van der Waals surface area contributed by atoms with Crippen LogP contribution in [0.5, 0.6) is 5.75 Å². The van der Waals surface area contributed by atoms with E-state index in [1.54, 1.807) is 78.9 Å². The fourth-order valence-electron chi connectivity index (χ4n) is 3.65. The molecule has 0 aliphatic heterocycles. The lowest BCUT2D eigenvalue weighted by Crippen LogP contribution is -2.21. The predicted octanol–water partition coefficient (Wildman–Crippen LogP) is 6.58. The summed E-state index contributed by atoms with van der Waals surface area (Å²) < 4.78 is 39.7. The molecule has 4 aromatic rings. The van der Waals surface area contributed by atoms with Crippen LogP contribution in [0, 0.1) is 0 Å². The molecule has 4 aromatic carbocycles. The highest BCUT2D eigenvalue weighted by Crippen LogP contribution is 2.33. The molecule has 0 amide bonds. The van der Waals surface area contributed by atoms with E-state index in [2.05, 4.69) is 4.72 Å². The van der Waals surface area contributed by atoms with E-state index < -0.39 is 32.8 Å². The quantitative estimate of drug-likeness (QED) is 0.180. The third-order valence-corrected chi connectivity index (χ3v) is 7.65. The van der Waals surface area contributed by atoms with Crippen LogP contribution in [0.15, 0.2) is 102 Å². The Balaban J connectivity index is 1.69. The molecule has 194 valence electrons. The van der Waals surface area contributed by atoms with Crippen LogP contribution in [0.25, 0.3) is 0 Å². The van der Waals surface area contributed by atoms with Crippen molar-refractivity contribution in [1.82, 2.24) is 0 Å². The van der Waals surface area contributed by atoms with Gasteiger partial charge in [-0.2, -0.15) is 0 Å². The molecule has 0 bridgehead atoms. The molecular formula is C28H21Cl2NO6S. The molecule has 0 radical (unpaired) electrons. The summed E-state index contributed by atoms with van der Waals surface area (Å²) in [5.41, 5.74) is 0.659. The van der Waals surface area contributed by atoms with Crippen LogP contribution in [-0.4, -0.2) is 27.3 Å². The average Bonchev–Trinajstić information content (AvgIpc) is 2.92. The number of sulfonamides is 1. The zero-order valence-electron chi connectivity index (χ0n) is 19.9. The van der Waals surface area contributed by atoms with Crippen LogP contribution in [0.3, 0.4) is 0 Å². The van der Waals surface area contributed by atoms with Crippen molar-refractivity contribution >= 4 is 50.7 Å². The van der Waals surface area contributed by atoms with Crippen LogP contribution < -0.4 is 9.46 Å². The molecule has 10 heteroatoms. The second kappa shape index (κ2) is 11.7. The second-order valence-electron chi connectivity index (χ2n) is 7.99. The van der Waals surface area contributed by atoms with E-state index in [4.69, 9.17) is 32.7 Å². The van der Waals surface area contributed by atoms with Gasteiger partial charge in [0.25, 0.3) is 10.0 Å². The highest BCUT2D eigenvalue weighted by molar-refractivity contribution is 7.92. The van der Waals surface area contributed by atoms with Crippen molar-refractivity contribution in [2.45, 2.75) is 11.0 Å². The molecule has 0 aromatic heterocycles. The number of Topliss-reactive ketones (excluding diaryl/α,β-unsaturated/α-hetero) is 1. The van der Waals surface area contributed by atoms with Crippen molar-refractivity contribution in [2.24, 2.45) is 0 Å². The molecule has 38 heavy (non-hydrogen) atoms. The Labute approximate surface area is 230 Å². The molecule has 0 spiro atoms. The van der Waals surface area contributed by atoms with E-state index in [0.29, 0.717) is 11.1 Å². The summed E-state index contributed by atoms with van der Waals surface area (Å²) in [6, 6.07) is 25.4. The van der Waals surface area contributed by atoms with E-state index in [9.17, 15) is 18.0 Å². The van der Waals surface area contributed by atoms with Gasteiger partial charge in [0.05, 0.1) is 28.4 Å². The molecule has 1 unspecified atom stereocenters. The Hall–Kier alpha value is -3.85. The summed E-state index contributed by atoms with van der Waals surface area (Å²) in [4.78, 5) is 26.2. The molecule has 0 fully saturated rings. The lowest BCUT2D eigenvalue weighted by molar-refractivity contribution is 0.0280. The molecule has 1 N–H and O–H groups in total. The van der Waals surface area contributed by atoms with Crippen molar-refractivity contribution < 1.29 is 27.5 Å². The molecule has 0 saturated carbocycles. The van der Waals surface area contributed by atoms with Gasteiger partial charge in [0.2, 0.25) is 5.78 Å². The molecule has 0 aliphatic carbocycles. The maximum absolute atomic E-state index is 13.3. The summed E-state index contributed by atoms with van der Waals surface area (Å²) in [5.74, 6) is -1.18. The Kier molecular flexibility index (Phi) is 8.36. The number of benzene rings is 4. The van der Waals surface area contributed by atoms with Gasteiger partial charge in [-0.15, -0.1) is 0 Å². The third kappa shape index (κ3) is 5.99. The number of esters is 1. The van der Waals surface area contributed by atoms with E-state index in [1.807, 2.05) is 0 Å². The molecule has 0 aliphatic rings. The van der Waals surface area contributed by atoms with Gasteiger partial charge < -0.3 is 9.47 Å². The van der Waals surface area contributed by atoms with Gasteiger partial charge in [0.1, 0.15) is 10.6 Å². The summed E-state index contributed by atoms with van der Waals surface area (Å²) in [6.07, 6.45) is -1.30. The Morgan fingerprint density at radius 1 is 0.816 bits per heavy atom. The summed E-state index contributed by atoms with van der Waals surface area (Å²) in [5, 5.41) is -0.357. The number of hydrogen-bond donors (Lipinski definition) is 1. The van der Waals surface area contributed by atoms with E-state index in [0.717, 1.165) is 12.1 Å². The zero-order valence-corrected chi connectivity index (χ0v) is 22.3. The molecule has 1 atom stereocenters. The van der Waals surface area contributed by atoms with Gasteiger partial charge in [-0.3, -0.25) is 9.52 Å². The summed E-state index contributed by atoms with van der Waals surface area (Å²) in [7, 11) is -2.89. The fraction of sp³-hybridized carbons (Fsp3) is 0.0714. The number of methoxy groups -OCH3 is 1. The number of halogens is 2. The number of anilines is 1. The molecule has 4 rings (SSSR count). The van der Waals surface area contributed by atoms with Gasteiger partial charge in [0.15, 0.2) is 6.10 Å². The van der Waals surface area contributed by atoms with Gasteiger partial charge in [-0.1, -0.05) is 96.0 Å². The van der Waals surface area contributed by atoms with Crippen LogP contribution in [0.1, 0.15) is 32.4 Å². The lowest BCUT2D eigenvalue weighted by Gasteiger charge is -2.19. The van der Waals surface area contributed by atoms with Crippen molar-refractivity contribution in [2.75, 3.05) is 11.8 Å². The van der Waals surface area contributed by atoms with Gasteiger partial charge in [0, 0.05) is 11.1 Å². The Morgan fingerprint density at radius 3 is 2.08 bits per heavy atom. The smallest absolute Gasteiger partial charge is 0.340 e. The number of ether oxygens (including phenoxy) is 2. The molecule has 7 nitrogen and oxygen atoms in total. The first-order chi connectivity index (χ1) is 18.2. The number of rotatable bonds is 9. The van der Waals surface area contributed by atoms with E-state index in [1.165, 1.54) is 13.2 Å². The average molecular weight is 570 g/mol. The van der Waals surface area contributed by atoms with Gasteiger partial charge in [-0.25, -0.2) is 13.2 Å². The largest absolute Gasteiger partial charge is 0.495 e. The zero-order chi connectivity index (χ0) is 27.3. The van der Waals surface area contributed by atoms with E-state index in [-0.39, 0.29) is 27.0 Å². The summed E-state index contributed by atoms with van der Waals surface area (Å²) in [6.45, 7) is 0. The first kappa shape index (κ1) is 27.2. The minimum Gasteiger partial charge on any atom is -0.495 e. The van der Waals surface area contributed by atoms with Gasteiger partial charge in [-0.05, 0) is 24.3 Å². The molecular weight excluding hydrogens is 549 g/mol. The lowest BCUT2D eigenvalue weighted by atomic mass is 10.00. The number of para-hydroxylation sites is 2. The monoisotopic (exact) mass is 569 g/mol. The fourth-order valence-corrected chi connectivity index (χ4v) is 5.57. The number of hydrogen-bond acceptors (Lipinski definition) is 6. The number of carbonyl (C=O) groups is 2. The first-order valence-corrected chi connectivity index (χ1v) is 13.4. The maximum atomic E-state index is 13.3. The highest BCUT2D eigenvalue weighted by Gasteiger charge is 2.29. The van der Waals surface area contributed by atoms with Crippen molar-refractivity contribution in [3.05, 3.63) is 124 Å². The molecule has 0 saturated heterocycles. The second-order valence-corrected chi connectivity index (χ2v) is 10.5. The predicted molar refractivity (Wildman–Crippen MR) is 146 cm³/mol. The van der Waals surface area contributed by atoms with Crippen molar-refractivity contribution in [3.8, 4) is 5.75 Å². The number of nitrogens with one attached hydrogen (secondary N) is 1. The normalized spacial score (nSPS) is 11.9.